The van der Waals surface area contributed by atoms with Crippen LogP contribution in [0.15, 0.2) is 34.8 Å². The Kier molecular flexibility index (Phi) is 3.72. The number of halogens is 2. The zero-order valence-electron chi connectivity index (χ0n) is 12.0. The predicted molar refractivity (Wildman–Crippen MR) is 91.9 cm³/mol. The molecule has 0 atom stereocenters. The number of rotatable bonds is 1. The largest absolute Gasteiger partial charge is 0.227 e. The number of hydrogen-bond donors (Lipinski definition) is 0. The highest BCUT2D eigenvalue weighted by atomic mass is 79.9. The molecule has 1 heterocycles. The van der Waals surface area contributed by atoms with Gasteiger partial charge in [-0.25, -0.2) is 9.97 Å². The van der Waals surface area contributed by atoms with E-state index in [9.17, 15) is 0 Å². The first kappa shape index (κ1) is 14.5. The lowest BCUT2D eigenvalue weighted by Crippen LogP contribution is -1.95. The summed E-state index contributed by atoms with van der Waals surface area (Å²) in [5.74, 6) is 0.665. The standard InChI is InChI=1S/C17H14BrClN2/c1-9-4-5-11(3)12(6-9)17-20-15-13(16(19)21-17)7-10(2)8-14(15)18/h4-8H,1-3H3. The number of nitrogens with zero attached hydrogens (tertiary/aromatic N) is 2. The lowest BCUT2D eigenvalue weighted by atomic mass is 10.0. The maximum absolute atomic E-state index is 6.38. The van der Waals surface area contributed by atoms with Crippen LogP contribution in [0.5, 0.6) is 0 Å². The van der Waals surface area contributed by atoms with Gasteiger partial charge in [-0.05, 0) is 66.0 Å². The van der Waals surface area contributed by atoms with Crippen molar-refractivity contribution in [3.05, 3.63) is 56.6 Å². The van der Waals surface area contributed by atoms with Crippen LogP contribution >= 0.6 is 27.5 Å². The number of aromatic nitrogens is 2. The third-order valence-electron chi connectivity index (χ3n) is 3.49. The van der Waals surface area contributed by atoms with Crippen LogP contribution in [-0.2, 0) is 0 Å². The molecule has 0 saturated carbocycles. The topological polar surface area (TPSA) is 25.8 Å². The van der Waals surface area contributed by atoms with Gasteiger partial charge in [0.25, 0.3) is 0 Å². The molecule has 0 N–H and O–H groups in total. The van der Waals surface area contributed by atoms with Crippen molar-refractivity contribution in [2.24, 2.45) is 0 Å². The molecular formula is C17H14BrClN2. The molecule has 0 fully saturated rings. The second-order valence-corrected chi connectivity index (χ2v) is 6.51. The molecule has 0 saturated heterocycles. The van der Waals surface area contributed by atoms with Crippen molar-refractivity contribution in [1.82, 2.24) is 9.97 Å². The summed E-state index contributed by atoms with van der Waals surface area (Å²) in [5, 5.41) is 1.36. The van der Waals surface area contributed by atoms with Gasteiger partial charge in [-0.3, -0.25) is 0 Å². The summed E-state index contributed by atoms with van der Waals surface area (Å²) in [6.07, 6.45) is 0. The molecule has 0 amide bonds. The molecule has 4 heteroatoms. The molecule has 21 heavy (non-hydrogen) atoms. The second kappa shape index (κ2) is 5.39. The van der Waals surface area contributed by atoms with Crippen LogP contribution < -0.4 is 0 Å². The van der Waals surface area contributed by atoms with Crippen molar-refractivity contribution in [3.8, 4) is 11.4 Å². The van der Waals surface area contributed by atoms with Gasteiger partial charge >= 0.3 is 0 Å². The minimum Gasteiger partial charge on any atom is -0.227 e. The van der Waals surface area contributed by atoms with E-state index in [0.29, 0.717) is 11.0 Å². The minimum absolute atomic E-state index is 0.486. The lowest BCUT2D eigenvalue weighted by Gasteiger charge is -2.10. The van der Waals surface area contributed by atoms with E-state index in [1.165, 1.54) is 5.56 Å². The Morgan fingerprint density at radius 1 is 0.952 bits per heavy atom. The second-order valence-electron chi connectivity index (χ2n) is 5.30. The number of aryl methyl sites for hydroxylation is 3. The van der Waals surface area contributed by atoms with Gasteiger partial charge in [0.2, 0.25) is 0 Å². The first-order valence-corrected chi connectivity index (χ1v) is 7.84. The fourth-order valence-electron chi connectivity index (χ4n) is 2.39. The van der Waals surface area contributed by atoms with Gasteiger partial charge in [-0.1, -0.05) is 29.3 Å². The molecule has 0 radical (unpaired) electrons. The molecule has 2 aromatic carbocycles. The highest BCUT2D eigenvalue weighted by Gasteiger charge is 2.12. The Bertz CT molecular complexity index is 859. The average molecular weight is 362 g/mol. The molecule has 0 bridgehead atoms. The van der Waals surface area contributed by atoms with Crippen molar-refractivity contribution in [1.29, 1.82) is 0 Å². The van der Waals surface area contributed by atoms with E-state index in [0.717, 1.165) is 32.1 Å². The SMILES string of the molecule is Cc1ccc(C)c(-c2nc(Cl)c3cc(C)cc(Br)c3n2)c1. The van der Waals surface area contributed by atoms with Crippen LogP contribution in [0.1, 0.15) is 16.7 Å². The van der Waals surface area contributed by atoms with E-state index in [1.54, 1.807) is 0 Å². The molecular weight excluding hydrogens is 348 g/mol. The normalized spacial score (nSPS) is 11.1. The van der Waals surface area contributed by atoms with Gasteiger partial charge in [0.05, 0.1) is 5.52 Å². The molecule has 2 nitrogen and oxygen atoms in total. The summed E-state index contributed by atoms with van der Waals surface area (Å²) < 4.78 is 0.938. The minimum atomic E-state index is 0.486. The van der Waals surface area contributed by atoms with Gasteiger partial charge < -0.3 is 0 Å². The summed E-state index contributed by atoms with van der Waals surface area (Å²) in [6, 6.07) is 10.3. The predicted octanol–water partition coefficient (Wildman–Crippen LogP) is 5.64. The molecule has 0 aliphatic heterocycles. The highest BCUT2D eigenvalue weighted by molar-refractivity contribution is 9.10. The van der Waals surface area contributed by atoms with E-state index in [1.807, 2.05) is 19.1 Å². The average Bonchev–Trinajstić information content (AvgIpc) is 2.42. The van der Waals surface area contributed by atoms with E-state index < -0.39 is 0 Å². The Balaban J connectivity index is 2.33. The monoisotopic (exact) mass is 360 g/mol. The van der Waals surface area contributed by atoms with Crippen LogP contribution in [0.2, 0.25) is 5.15 Å². The maximum atomic E-state index is 6.38. The van der Waals surface area contributed by atoms with Crippen LogP contribution in [0, 0.1) is 20.8 Å². The highest BCUT2D eigenvalue weighted by Crippen LogP contribution is 2.31. The fraction of sp³-hybridized carbons (Fsp3) is 0.176. The first-order chi connectivity index (χ1) is 9.95. The fourth-order valence-corrected chi connectivity index (χ4v) is 3.27. The zero-order valence-corrected chi connectivity index (χ0v) is 14.4. The lowest BCUT2D eigenvalue weighted by molar-refractivity contribution is 1.20. The third-order valence-corrected chi connectivity index (χ3v) is 4.38. The van der Waals surface area contributed by atoms with Crippen molar-refractivity contribution in [2.45, 2.75) is 20.8 Å². The molecule has 0 spiro atoms. The quantitative estimate of drug-likeness (QED) is 0.524. The number of benzene rings is 2. The van der Waals surface area contributed by atoms with Gasteiger partial charge in [0, 0.05) is 15.4 Å². The summed E-state index contributed by atoms with van der Waals surface area (Å²) in [5.41, 5.74) is 5.31. The number of fused-ring (bicyclic) bond motifs is 1. The molecule has 0 aliphatic rings. The molecule has 1 aromatic heterocycles. The van der Waals surface area contributed by atoms with Gasteiger partial charge in [0.15, 0.2) is 5.82 Å². The Hall–Kier alpha value is -1.45. The smallest absolute Gasteiger partial charge is 0.161 e. The Labute approximate surface area is 137 Å². The van der Waals surface area contributed by atoms with Crippen molar-refractivity contribution >= 4 is 38.4 Å². The Morgan fingerprint density at radius 2 is 1.71 bits per heavy atom. The summed E-state index contributed by atoms with van der Waals surface area (Å²) in [7, 11) is 0. The third kappa shape index (κ3) is 2.68. The van der Waals surface area contributed by atoms with Crippen LogP contribution in [0.25, 0.3) is 22.3 Å². The molecule has 3 rings (SSSR count). The van der Waals surface area contributed by atoms with Crippen molar-refractivity contribution in [2.75, 3.05) is 0 Å². The Morgan fingerprint density at radius 3 is 2.48 bits per heavy atom. The van der Waals surface area contributed by atoms with Gasteiger partial charge in [-0.2, -0.15) is 0 Å². The molecule has 0 aliphatic carbocycles. The zero-order chi connectivity index (χ0) is 15.1. The molecule has 3 aromatic rings. The first-order valence-electron chi connectivity index (χ1n) is 6.67. The van der Waals surface area contributed by atoms with E-state index >= 15 is 0 Å². The van der Waals surface area contributed by atoms with Crippen LogP contribution in [0.3, 0.4) is 0 Å². The summed E-state index contributed by atoms with van der Waals surface area (Å²) in [4.78, 5) is 9.20. The van der Waals surface area contributed by atoms with Crippen molar-refractivity contribution in [3.63, 3.8) is 0 Å². The van der Waals surface area contributed by atoms with Crippen LogP contribution in [0.4, 0.5) is 0 Å². The van der Waals surface area contributed by atoms with Crippen LogP contribution in [-0.4, -0.2) is 9.97 Å². The maximum Gasteiger partial charge on any atom is 0.161 e. The van der Waals surface area contributed by atoms with Crippen molar-refractivity contribution < 1.29 is 0 Å². The van der Waals surface area contributed by atoms with Gasteiger partial charge in [0.1, 0.15) is 5.15 Å². The summed E-state index contributed by atoms with van der Waals surface area (Å²) in [6.45, 7) is 6.14. The molecule has 106 valence electrons. The van der Waals surface area contributed by atoms with E-state index in [-0.39, 0.29) is 0 Å². The molecule has 0 unspecified atom stereocenters. The summed E-state index contributed by atoms with van der Waals surface area (Å²) >= 11 is 9.95. The van der Waals surface area contributed by atoms with Gasteiger partial charge in [-0.15, -0.1) is 0 Å². The number of hydrogen-bond acceptors (Lipinski definition) is 2. The van der Waals surface area contributed by atoms with E-state index in [2.05, 4.69) is 53.0 Å². The van der Waals surface area contributed by atoms with E-state index in [4.69, 9.17) is 16.6 Å².